The largest absolute Gasteiger partial charge is 0.508 e. The number of carbonyl (C=O) groups is 4. The minimum Gasteiger partial charge on any atom is -0.508 e. The molecule has 218 valence electrons. The fraction of sp³-hybridized carbons (Fsp3) is 0.314. The fourth-order valence-corrected chi connectivity index (χ4v) is 8.06. The maximum atomic E-state index is 14.4. The first-order chi connectivity index (χ1) is 20.8. The van der Waals surface area contributed by atoms with Crippen molar-refractivity contribution in [3.8, 4) is 11.5 Å². The Labute approximate surface area is 249 Å². The highest BCUT2D eigenvalue weighted by Crippen LogP contribution is 2.64. The van der Waals surface area contributed by atoms with Crippen molar-refractivity contribution in [2.45, 2.75) is 32.2 Å². The van der Waals surface area contributed by atoms with Gasteiger partial charge < -0.3 is 9.84 Å². The Morgan fingerprint density at radius 1 is 0.884 bits per heavy atom. The van der Waals surface area contributed by atoms with Crippen molar-refractivity contribution in [2.75, 3.05) is 12.0 Å². The van der Waals surface area contributed by atoms with Crippen LogP contribution in [-0.4, -0.2) is 40.7 Å². The lowest BCUT2D eigenvalue weighted by atomic mass is 9.51. The van der Waals surface area contributed by atoms with E-state index >= 15 is 0 Å². The van der Waals surface area contributed by atoms with E-state index in [-0.39, 0.29) is 42.3 Å². The summed E-state index contributed by atoms with van der Waals surface area (Å²) in [5.74, 6) is -3.74. The van der Waals surface area contributed by atoms with Crippen molar-refractivity contribution in [1.29, 1.82) is 0 Å². The molecule has 0 bridgehead atoms. The smallest absolute Gasteiger partial charge is 0.241 e. The SMILES string of the molecule is COc1ccc(O)c([C@H]2C3=CC[C@@H]4C(=O)N(Cc5ccccc5)C(=O)[C@@H]4[C@@H]3C[C@H]3C(=O)N(c4ccccc4)C(=O)[C@@]23C)c1. The molecule has 6 atom stereocenters. The third-order valence-electron chi connectivity index (χ3n) is 10.1. The number of benzene rings is 3. The number of rotatable bonds is 5. The molecule has 0 aromatic heterocycles. The normalized spacial score (nSPS) is 29.7. The van der Waals surface area contributed by atoms with Crippen molar-refractivity contribution in [3.05, 3.63) is 102 Å². The second-order valence-electron chi connectivity index (χ2n) is 12.2. The molecule has 2 heterocycles. The highest BCUT2D eigenvalue weighted by Gasteiger charge is 2.67. The van der Waals surface area contributed by atoms with Gasteiger partial charge in [-0.25, -0.2) is 4.90 Å². The molecule has 0 spiro atoms. The molecule has 3 aromatic rings. The predicted octanol–water partition coefficient (Wildman–Crippen LogP) is 4.83. The summed E-state index contributed by atoms with van der Waals surface area (Å²) < 4.78 is 5.49. The number of methoxy groups -OCH3 is 1. The van der Waals surface area contributed by atoms with Crippen LogP contribution in [0, 0.1) is 29.1 Å². The molecule has 3 aromatic carbocycles. The average molecular weight is 577 g/mol. The number of allylic oxidation sites excluding steroid dienone is 2. The zero-order valence-electron chi connectivity index (χ0n) is 24.0. The van der Waals surface area contributed by atoms with Gasteiger partial charge in [0, 0.05) is 11.5 Å². The fourth-order valence-electron chi connectivity index (χ4n) is 8.06. The second-order valence-corrected chi connectivity index (χ2v) is 12.2. The molecule has 2 aliphatic heterocycles. The summed E-state index contributed by atoms with van der Waals surface area (Å²) in [6.07, 6.45) is 2.59. The monoisotopic (exact) mass is 576 g/mol. The molecule has 7 rings (SSSR count). The summed E-state index contributed by atoms with van der Waals surface area (Å²) in [4.78, 5) is 59.0. The molecular formula is C35H32N2O6. The number of hydrogen-bond acceptors (Lipinski definition) is 6. The summed E-state index contributed by atoms with van der Waals surface area (Å²) in [5.41, 5.74) is 1.40. The van der Waals surface area contributed by atoms with Gasteiger partial charge in [-0.05, 0) is 61.6 Å². The molecule has 3 fully saturated rings. The van der Waals surface area contributed by atoms with Crippen LogP contribution in [0.4, 0.5) is 5.69 Å². The number of ether oxygens (including phenoxy) is 1. The van der Waals surface area contributed by atoms with Gasteiger partial charge >= 0.3 is 0 Å². The highest BCUT2D eigenvalue weighted by molar-refractivity contribution is 6.24. The lowest BCUT2D eigenvalue weighted by Crippen LogP contribution is -2.48. The number of likely N-dealkylation sites (tertiary alicyclic amines) is 1. The number of nitrogens with zero attached hydrogens (tertiary/aromatic N) is 2. The second kappa shape index (κ2) is 9.93. The van der Waals surface area contributed by atoms with Crippen LogP contribution in [0.15, 0.2) is 90.5 Å². The molecule has 2 aliphatic carbocycles. The molecule has 8 nitrogen and oxygen atoms in total. The van der Waals surface area contributed by atoms with Gasteiger partial charge in [0.15, 0.2) is 0 Å². The summed E-state index contributed by atoms with van der Waals surface area (Å²) in [7, 11) is 1.53. The number of para-hydroxylation sites is 1. The molecule has 1 saturated carbocycles. The van der Waals surface area contributed by atoms with Gasteiger partial charge in [0.2, 0.25) is 23.6 Å². The van der Waals surface area contributed by atoms with Crippen LogP contribution in [0.2, 0.25) is 0 Å². The quantitative estimate of drug-likeness (QED) is 0.345. The molecule has 8 heteroatoms. The molecule has 0 radical (unpaired) electrons. The maximum Gasteiger partial charge on any atom is 0.241 e. The van der Waals surface area contributed by atoms with E-state index in [0.717, 1.165) is 11.1 Å². The van der Waals surface area contributed by atoms with Crippen molar-refractivity contribution in [2.24, 2.45) is 29.1 Å². The van der Waals surface area contributed by atoms with Crippen LogP contribution in [-0.2, 0) is 25.7 Å². The molecular weight excluding hydrogens is 544 g/mol. The Morgan fingerprint density at radius 2 is 1.58 bits per heavy atom. The van der Waals surface area contributed by atoms with Gasteiger partial charge in [0.1, 0.15) is 11.5 Å². The van der Waals surface area contributed by atoms with E-state index in [1.807, 2.05) is 42.5 Å². The lowest BCUT2D eigenvalue weighted by Gasteiger charge is -2.49. The molecule has 4 amide bonds. The number of amides is 4. The number of phenols is 1. The Hall–Kier alpha value is -4.72. The van der Waals surface area contributed by atoms with Crippen molar-refractivity contribution < 1.29 is 29.0 Å². The number of fused-ring (bicyclic) bond motifs is 4. The first-order valence-corrected chi connectivity index (χ1v) is 14.6. The van der Waals surface area contributed by atoms with Crippen LogP contribution in [0.25, 0.3) is 0 Å². The number of hydrogen-bond donors (Lipinski definition) is 1. The van der Waals surface area contributed by atoms with Crippen LogP contribution in [0.1, 0.15) is 36.8 Å². The topological polar surface area (TPSA) is 104 Å². The lowest BCUT2D eigenvalue weighted by molar-refractivity contribution is -0.141. The molecule has 43 heavy (non-hydrogen) atoms. The first-order valence-electron chi connectivity index (χ1n) is 14.6. The number of imide groups is 2. The molecule has 0 unspecified atom stereocenters. The standard InChI is InChI=1S/C35H32N2O6/c1-35-27(32(40)37(34(35)42)21-11-7-4-8-12-21)18-25-23(30(35)26-17-22(43-2)13-16-28(26)38)14-15-24-29(25)33(41)36(31(24)39)19-20-9-5-3-6-10-20/h3-14,16-17,24-25,27,29-30,38H,15,18-19H2,1-2H3/t24-,25+,27-,29-,30+,35+/m0/s1. The predicted molar refractivity (Wildman–Crippen MR) is 158 cm³/mol. The van der Waals surface area contributed by atoms with Crippen molar-refractivity contribution in [3.63, 3.8) is 0 Å². The zero-order chi connectivity index (χ0) is 30.0. The van der Waals surface area contributed by atoms with Crippen LogP contribution in [0.3, 0.4) is 0 Å². The molecule has 2 saturated heterocycles. The molecule has 4 aliphatic rings. The molecule has 1 N–H and O–H groups in total. The summed E-state index contributed by atoms with van der Waals surface area (Å²) >= 11 is 0. The Bertz CT molecular complexity index is 1680. The third-order valence-corrected chi connectivity index (χ3v) is 10.1. The number of carbonyl (C=O) groups excluding carboxylic acids is 4. The average Bonchev–Trinajstić information content (AvgIpc) is 3.38. The number of anilines is 1. The number of aromatic hydroxyl groups is 1. The van der Waals surface area contributed by atoms with Crippen LogP contribution in [0.5, 0.6) is 11.5 Å². The Balaban J connectivity index is 1.36. The van der Waals surface area contributed by atoms with E-state index in [1.54, 1.807) is 43.3 Å². The van der Waals surface area contributed by atoms with Crippen molar-refractivity contribution in [1.82, 2.24) is 4.90 Å². The van der Waals surface area contributed by atoms with E-state index in [4.69, 9.17) is 4.74 Å². The van der Waals surface area contributed by atoms with E-state index in [9.17, 15) is 24.3 Å². The van der Waals surface area contributed by atoms with E-state index in [2.05, 4.69) is 0 Å². The summed E-state index contributed by atoms with van der Waals surface area (Å²) in [5, 5.41) is 11.2. The number of phenolic OH excluding ortho intramolecular Hbond substituents is 1. The summed E-state index contributed by atoms with van der Waals surface area (Å²) in [6.45, 7) is 1.99. The van der Waals surface area contributed by atoms with Crippen molar-refractivity contribution >= 4 is 29.3 Å². The van der Waals surface area contributed by atoms with E-state index < -0.39 is 35.0 Å². The van der Waals surface area contributed by atoms with Gasteiger partial charge in [-0.3, -0.25) is 24.1 Å². The third kappa shape index (κ3) is 3.89. The summed E-state index contributed by atoms with van der Waals surface area (Å²) in [6, 6.07) is 23.2. The minimum absolute atomic E-state index is 0.0209. The minimum atomic E-state index is -1.23. The van der Waals surface area contributed by atoms with E-state index in [0.29, 0.717) is 23.4 Å². The van der Waals surface area contributed by atoms with E-state index in [1.165, 1.54) is 23.0 Å². The van der Waals surface area contributed by atoms with Gasteiger partial charge in [-0.1, -0.05) is 60.2 Å². The highest BCUT2D eigenvalue weighted by atomic mass is 16.5. The van der Waals surface area contributed by atoms with Gasteiger partial charge in [-0.15, -0.1) is 0 Å². The Morgan fingerprint density at radius 3 is 2.28 bits per heavy atom. The van der Waals surface area contributed by atoms with Gasteiger partial charge in [0.25, 0.3) is 0 Å². The maximum absolute atomic E-state index is 14.4. The van der Waals surface area contributed by atoms with Crippen LogP contribution < -0.4 is 9.64 Å². The Kier molecular flexibility index (Phi) is 6.27. The van der Waals surface area contributed by atoms with Gasteiger partial charge in [-0.2, -0.15) is 0 Å². The first kappa shape index (κ1) is 27.1. The van der Waals surface area contributed by atoms with Gasteiger partial charge in [0.05, 0.1) is 42.5 Å². The zero-order valence-corrected chi connectivity index (χ0v) is 24.0. The van der Waals surface area contributed by atoms with Crippen LogP contribution >= 0.6 is 0 Å².